The highest BCUT2D eigenvalue weighted by molar-refractivity contribution is 9.10. The Balaban J connectivity index is 1.99. The molecule has 0 atom stereocenters. The number of anilines is 2. The lowest BCUT2D eigenvalue weighted by molar-refractivity contribution is -0.119. The molecular formula is C12H17BrN4O. The number of aromatic nitrogens is 1. The number of hydrogen-bond donors (Lipinski definition) is 2. The van der Waals surface area contributed by atoms with Gasteiger partial charge in [-0.1, -0.05) is 0 Å². The van der Waals surface area contributed by atoms with Crippen LogP contribution in [-0.2, 0) is 4.79 Å². The van der Waals surface area contributed by atoms with E-state index < -0.39 is 0 Å². The second-order valence-corrected chi connectivity index (χ2v) is 5.39. The summed E-state index contributed by atoms with van der Waals surface area (Å²) in [5.74, 6) is 0.964. The van der Waals surface area contributed by atoms with Crippen LogP contribution in [0.1, 0.15) is 19.8 Å². The summed E-state index contributed by atoms with van der Waals surface area (Å²) in [6, 6.07) is 2.15. The van der Waals surface area contributed by atoms with E-state index >= 15 is 0 Å². The maximum Gasteiger partial charge on any atom is 0.217 e. The Hall–Kier alpha value is -1.30. The first-order valence-corrected chi connectivity index (χ1v) is 6.78. The molecule has 5 nitrogen and oxygen atoms in total. The number of pyridine rings is 1. The number of hydrogen-bond acceptors (Lipinski definition) is 4. The summed E-state index contributed by atoms with van der Waals surface area (Å²) < 4.78 is 0.917. The van der Waals surface area contributed by atoms with Crippen molar-refractivity contribution in [3.05, 3.63) is 16.7 Å². The van der Waals surface area contributed by atoms with Crippen LogP contribution < -0.4 is 16.0 Å². The molecule has 1 aliphatic heterocycles. The van der Waals surface area contributed by atoms with Crippen LogP contribution in [0, 0.1) is 0 Å². The van der Waals surface area contributed by atoms with Crippen LogP contribution in [-0.4, -0.2) is 30.0 Å². The minimum atomic E-state index is 0.0419. The first-order chi connectivity index (χ1) is 8.56. The number of nitrogen functional groups attached to an aromatic ring is 1. The van der Waals surface area contributed by atoms with Crippen molar-refractivity contribution in [1.29, 1.82) is 0 Å². The smallest absolute Gasteiger partial charge is 0.217 e. The Bertz CT molecular complexity index is 444. The van der Waals surface area contributed by atoms with Gasteiger partial charge in [0, 0.05) is 26.1 Å². The number of halogens is 1. The Morgan fingerprint density at radius 1 is 1.56 bits per heavy atom. The van der Waals surface area contributed by atoms with Crippen molar-refractivity contribution in [2.75, 3.05) is 23.7 Å². The molecule has 1 fully saturated rings. The fourth-order valence-corrected chi connectivity index (χ4v) is 2.82. The molecule has 0 bridgehead atoms. The first kappa shape index (κ1) is 13.1. The van der Waals surface area contributed by atoms with Crippen molar-refractivity contribution >= 4 is 33.3 Å². The Morgan fingerprint density at radius 3 is 2.78 bits per heavy atom. The molecule has 6 heteroatoms. The third-order valence-corrected chi connectivity index (χ3v) is 3.63. The molecule has 1 saturated heterocycles. The van der Waals surface area contributed by atoms with E-state index in [0.717, 1.165) is 36.2 Å². The maximum atomic E-state index is 11.0. The van der Waals surface area contributed by atoms with Crippen molar-refractivity contribution < 1.29 is 4.79 Å². The predicted molar refractivity (Wildman–Crippen MR) is 75.4 cm³/mol. The summed E-state index contributed by atoms with van der Waals surface area (Å²) in [6.07, 6.45) is 3.55. The summed E-state index contributed by atoms with van der Waals surface area (Å²) in [5, 5.41) is 2.96. The molecule has 0 spiro atoms. The van der Waals surface area contributed by atoms with E-state index in [1.54, 1.807) is 13.1 Å². The molecule has 1 aromatic heterocycles. The van der Waals surface area contributed by atoms with Gasteiger partial charge in [-0.25, -0.2) is 4.98 Å². The molecule has 0 radical (unpaired) electrons. The molecule has 1 aromatic rings. The number of piperidine rings is 1. The van der Waals surface area contributed by atoms with E-state index in [1.807, 2.05) is 6.07 Å². The van der Waals surface area contributed by atoms with Crippen molar-refractivity contribution in [2.45, 2.75) is 25.8 Å². The van der Waals surface area contributed by atoms with E-state index in [-0.39, 0.29) is 11.9 Å². The highest BCUT2D eigenvalue weighted by Gasteiger charge is 2.21. The summed E-state index contributed by atoms with van der Waals surface area (Å²) in [5.41, 5.74) is 6.33. The lowest BCUT2D eigenvalue weighted by Gasteiger charge is -2.33. The highest BCUT2D eigenvalue weighted by Crippen LogP contribution is 2.27. The molecule has 0 saturated carbocycles. The van der Waals surface area contributed by atoms with E-state index in [1.165, 1.54) is 0 Å². The van der Waals surface area contributed by atoms with Crippen LogP contribution in [0.2, 0.25) is 0 Å². The van der Waals surface area contributed by atoms with E-state index in [2.05, 4.69) is 31.1 Å². The van der Waals surface area contributed by atoms with Crippen LogP contribution in [0.25, 0.3) is 0 Å². The van der Waals surface area contributed by atoms with E-state index in [0.29, 0.717) is 5.69 Å². The molecule has 3 N–H and O–H groups in total. The Morgan fingerprint density at radius 2 is 2.22 bits per heavy atom. The molecule has 0 unspecified atom stereocenters. The second kappa shape index (κ2) is 5.56. The van der Waals surface area contributed by atoms with Crippen LogP contribution >= 0.6 is 15.9 Å². The summed E-state index contributed by atoms with van der Waals surface area (Å²) >= 11 is 3.48. The fraction of sp³-hybridized carbons (Fsp3) is 0.500. The van der Waals surface area contributed by atoms with E-state index in [4.69, 9.17) is 5.73 Å². The Kier molecular flexibility index (Phi) is 4.06. The van der Waals surface area contributed by atoms with Gasteiger partial charge >= 0.3 is 0 Å². The second-order valence-electron chi connectivity index (χ2n) is 4.54. The van der Waals surface area contributed by atoms with Gasteiger partial charge in [0.05, 0.1) is 16.4 Å². The maximum absolute atomic E-state index is 11.0. The average molecular weight is 313 g/mol. The van der Waals surface area contributed by atoms with Crippen LogP contribution in [0.15, 0.2) is 16.7 Å². The zero-order chi connectivity index (χ0) is 13.1. The number of rotatable bonds is 2. The average Bonchev–Trinajstić information content (AvgIpc) is 2.30. The van der Waals surface area contributed by atoms with Crippen molar-refractivity contribution in [3.63, 3.8) is 0 Å². The molecular weight excluding hydrogens is 296 g/mol. The number of carbonyl (C=O) groups excluding carboxylic acids is 1. The highest BCUT2D eigenvalue weighted by atomic mass is 79.9. The van der Waals surface area contributed by atoms with Gasteiger partial charge in [0.1, 0.15) is 5.82 Å². The fourth-order valence-electron chi connectivity index (χ4n) is 2.20. The number of nitrogens with one attached hydrogen (secondary N) is 1. The normalized spacial score (nSPS) is 16.7. The molecule has 0 aromatic carbocycles. The molecule has 98 valence electrons. The SMILES string of the molecule is CC(=O)NC1CCN(c2ncc(N)cc2Br)CC1. The van der Waals surface area contributed by atoms with Crippen molar-refractivity contribution in [2.24, 2.45) is 0 Å². The quantitative estimate of drug-likeness (QED) is 0.869. The van der Waals surface area contributed by atoms with Gasteiger partial charge in [0.25, 0.3) is 0 Å². The summed E-state index contributed by atoms with van der Waals surface area (Å²) in [6.45, 7) is 3.34. The number of carbonyl (C=O) groups is 1. The molecule has 0 aliphatic carbocycles. The molecule has 1 aliphatic rings. The van der Waals surface area contributed by atoms with Gasteiger partial charge in [-0.05, 0) is 34.8 Å². The summed E-state index contributed by atoms with van der Waals surface area (Å²) in [7, 11) is 0. The van der Waals surface area contributed by atoms with Gasteiger partial charge in [0.15, 0.2) is 0 Å². The zero-order valence-electron chi connectivity index (χ0n) is 10.3. The lowest BCUT2D eigenvalue weighted by Crippen LogP contribution is -2.44. The molecule has 18 heavy (non-hydrogen) atoms. The third kappa shape index (κ3) is 3.13. The first-order valence-electron chi connectivity index (χ1n) is 5.99. The molecule has 2 heterocycles. The minimum absolute atomic E-state index is 0.0419. The van der Waals surface area contributed by atoms with Gasteiger partial charge < -0.3 is 16.0 Å². The van der Waals surface area contributed by atoms with Crippen molar-refractivity contribution in [1.82, 2.24) is 10.3 Å². The van der Waals surface area contributed by atoms with Crippen LogP contribution in [0.5, 0.6) is 0 Å². The Labute approximate surface area is 115 Å². The monoisotopic (exact) mass is 312 g/mol. The minimum Gasteiger partial charge on any atom is -0.397 e. The molecule has 1 amide bonds. The van der Waals surface area contributed by atoms with Crippen LogP contribution in [0.3, 0.4) is 0 Å². The summed E-state index contributed by atoms with van der Waals surface area (Å²) in [4.78, 5) is 17.6. The predicted octanol–water partition coefficient (Wildman–Crippen LogP) is 1.53. The lowest BCUT2D eigenvalue weighted by atomic mass is 10.1. The third-order valence-electron chi connectivity index (χ3n) is 3.04. The molecule has 2 rings (SSSR count). The number of nitrogens with two attached hydrogens (primary N) is 1. The standard InChI is InChI=1S/C12H17BrN4O/c1-8(18)16-10-2-4-17(5-3-10)12-11(13)6-9(14)7-15-12/h6-7,10H,2-5,14H2,1H3,(H,16,18). The topological polar surface area (TPSA) is 71.2 Å². The van der Waals surface area contributed by atoms with Gasteiger partial charge in [-0.15, -0.1) is 0 Å². The zero-order valence-corrected chi connectivity index (χ0v) is 11.9. The van der Waals surface area contributed by atoms with Crippen LogP contribution in [0.4, 0.5) is 11.5 Å². The van der Waals surface area contributed by atoms with Gasteiger partial charge in [-0.3, -0.25) is 4.79 Å². The number of amides is 1. The largest absolute Gasteiger partial charge is 0.397 e. The van der Waals surface area contributed by atoms with Crippen molar-refractivity contribution in [3.8, 4) is 0 Å². The van der Waals surface area contributed by atoms with Gasteiger partial charge in [0.2, 0.25) is 5.91 Å². The van der Waals surface area contributed by atoms with E-state index in [9.17, 15) is 4.79 Å². The number of nitrogens with zero attached hydrogens (tertiary/aromatic N) is 2. The van der Waals surface area contributed by atoms with Gasteiger partial charge in [-0.2, -0.15) is 0 Å².